The maximum Gasteiger partial charge on any atom is 0.267 e. The molecule has 0 bridgehead atoms. The van der Waals surface area contributed by atoms with Gasteiger partial charge in [-0.2, -0.15) is 5.26 Å². The number of carbonyl (C=O) groups excluding carboxylic acids is 1. The number of hydrogen-bond donors (Lipinski definition) is 2. The van der Waals surface area contributed by atoms with Crippen molar-refractivity contribution in [1.82, 2.24) is 9.97 Å². The fraction of sp³-hybridized carbons (Fsp3) is 0. The number of hydrogen-bond acceptors (Lipinski definition) is 5. The Morgan fingerprint density at radius 2 is 1.90 bits per heavy atom. The number of aromatic nitrogens is 2. The summed E-state index contributed by atoms with van der Waals surface area (Å²) in [5.74, 6) is -0.243. The number of amides is 1. The molecule has 1 aromatic carbocycles. The minimum Gasteiger partial charge on any atom is -0.329 e. The predicted molar refractivity (Wildman–Crippen MR) is 79.4 cm³/mol. The summed E-state index contributed by atoms with van der Waals surface area (Å²) in [6, 6.07) is 10.0. The zero-order valence-corrected chi connectivity index (χ0v) is 11.5. The van der Waals surface area contributed by atoms with Crippen LogP contribution in [0.25, 0.3) is 0 Å². The second kappa shape index (κ2) is 7.03. The monoisotopic (exact) mass is 299 g/mol. The standard InChI is InChI=1S/C14H10ClN5O/c15-11-2-4-12(5-3-11)20-13(21)10(8-16)9-19-14-17-6-1-7-18-14/h1-7,9H,(H,20,21)(H,17,18,19)/b10-9-. The van der Waals surface area contributed by atoms with E-state index >= 15 is 0 Å². The maximum absolute atomic E-state index is 11.9. The van der Waals surface area contributed by atoms with Crippen molar-refractivity contribution in [2.24, 2.45) is 0 Å². The van der Waals surface area contributed by atoms with E-state index in [1.54, 1.807) is 42.7 Å². The van der Waals surface area contributed by atoms with Crippen LogP contribution in [-0.2, 0) is 4.79 Å². The van der Waals surface area contributed by atoms with Crippen molar-refractivity contribution in [3.8, 4) is 6.07 Å². The summed E-state index contributed by atoms with van der Waals surface area (Å²) in [6.07, 6.45) is 4.34. The van der Waals surface area contributed by atoms with E-state index in [-0.39, 0.29) is 5.57 Å². The molecule has 0 spiro atoms. The van der Waals surface area contributed by atoms with Crippen molar-refractivity contribution in [3.63, 3.8) is 0 Å². The molecule has 2 N–H and O–H groups in total. The molecular weight excluding hydrogens is 290 g/mol. The molecule has 0 atom stereocenters. The van der Waals surface area contributed by atoms with Gasteiger partial charge >= 0.3 is 0 Å². The summed E-state index contributed by atoms with van der Waals surface area (Å²) < 4.78 is 0. The molecule has 1 amide bonds. The normalized spacial score (nSPS) is 10.6. The van der Waals surface area contributed by atoms with Crippen LogP contribution in [0.5, 0.6) is 0 Å². The Morgan fingerprint density at radius 1 is 1.24 bits per heavy atom. The summed E-state index contributed by atoms with van der Waals surface area (Å²) in [5, 5.41) is 14.8. The minimum atomic E-state index is -0.539. The van der Waals surface area contributed by atoms with Crippen LogP contribution in [0.15, 0.2) is 54.5 Å². The van der Waals surface area contributed by atoms with E-state index < -0.39 is 5.91 Å². The van der Waals surface area contributed by atoms with Gasteiger partial charge in [-0.3, -0.25) is 4.79 Å². The molecule has 0 unspecified atom stereocenters. The van der Waals surface area contributed by atoms with Gasteiger partial charge in [0.25, 0.3) is 5.91 Å². The summed E-state index contributed by atoms with van der Waals surface area (Å²) >= 11 is 5.76. The van der Waals surface area contributed by atoms with Gasteiger partial charge in [-0.1, -0.05) is 11.6 Å². The number of anilines is 2. The highest BCUT2D eigenvalue weighted by Gasteiger charge is 2.09. The first-order chi connectivity index (χ1) is 10.2. The van der Waals surface area contributed by atoms with Gasteiger partial charge in [-0.25, -0.2) is 9.97 Å². The topological polar surface area (TPSA) is 90.7 Å². The lowest BCUT2D eigenvalue weighted by Crippen LogP contribution is -2.14. The number of nitriles is 1. The van der Waals surface area contributed by atoms with Crippen LogP contribution in [0.1, 0.15) is 0 Å². The first-order valence-electron chi connectivity index (χ1n) is 5.90. The van der Waals surface area contributed by atoms with E-state index in [1.165, 1.54) is 6.20 Å². The van der Waals surface area contributed by atoms with Gasteiger partial charge in [0, 0.05) is 29.3 Å². The molecule has 1 heterocycles. The highest BCUT2D eigenvalue weighted by atomic mass is 35.5. The van der Waals surface area contributed by atoms with Gasteiger partial charge in [-0.05, 0) is 30.3 Å². The van der Waals surface area contributed by atoms with Crippen LogP contribution in [0.3, 0.4) is 0 Å². The Labute approximate surface area is 126 Å². The average Bonchev–Trinajstić information content (AvgIpc) is 2.51. The molecule has 0 aliphatic carbocycles. The second-order valence-electron chi connectivity index (χ2n) is 3.85. The highest BCUT2D eigenvalue weighted by molar-refractivity contribution is 6.30. The molecule has 0 aliphatic heterocycles. The second-order valence-corrected chi connectivity index (χ2v) is 4.28. The third kappa shape index (κ3) is 4.30. The Balaban J connectivity index is 2.05. The van der Waals surface area contributed by atoms with Gasteiger partial charge in [0.1, 0.15) is 11.6 Å². The smallest absolute Gasteiger partial charge is 0.267 e. The molecule has 104 valence electrons. The molecule has 0 saturated heterocycles. The predicted octanol–water partition coefficient (Wildman–Crippen LogP) is 2.59. The first-order valence-corrected chi connectivity index (χ1v) is 6.27. The summed E-state index contributed by atoms with van der Waals surface area (Å²) in [4.78, 5) is 19.8. The Kier molecular flexibility index (Phi) is 4.85. The highest BCUT2D eigenvalue weighted by Crippen LogP contribution is 2.14. The van der Waals surface area contributed by atoms with Crippen LogP contribution in [0.2, 0.25) is 5.02 Å². The fourth-order valence-corrected chi connectivity index (χ4v) is 1.52. The van der Waals surface area contributed by atoms with Gasteiger partial charge in [0.2, 0.25) is 5.95 Å². The SMILES string of the molecule is N#C/C(=C/Nc1ncccn1)C(=O)Nc1ccc(Cl)cc1. The lowest BCUT2D eigenvalue weighted by atomic mass is 10.2. The van der Waals surface area contributed by atoms with Crippen LogP contribution in [-0.4, -0.2) is 15.9 Å². The number of nitrogens with zero attached hydrogens (tertiary/aromatic N) is 3. The molecule has 2 rings (SSSR count). The van der Waals surface area contributed by atoms with Gasteiger partial charge in [0.05, 0.1) is 0 Å². The number of halogens is 1. The van der Waals surface area contributed by atoms with Crippen molar-refractivity contribution < 1.29 is 4.79 Å². The molecule has 0 saturated carbocycles. The average molecular weight is 300 g/mol. The number of nitrogens with one attached hydrogen (secondary N) is 2. The first kappa shape index (κ1) is 14.5. The molecule has 0 aliphatic rings. The number of carbonyl (C=O) groups is 1. The maximum atomic E-state index is 11.9. The van der Waals surface area contributed by atoms with E-state index in [1.807, 2.05) is 6.07 Å². The zero-order valence-electron chi connectivity index (χ0n) is 10.7. The summed E-state index contributed by atoms with van der Waals surface area (Å²) in [5.41, 5.74) is 0.443. The molecular formula is C14H10ClN5O. The van der Waals surface area contributed by atoms with E-state index in [0.29, 0.717) is 16.7 Å². The quantitative estimate of drug-likeness (QED) is 0.669. The minimum absolute atomic E-state index is 0.0996. The van der Waals surface area contributed by atoms with Crippen molar-refractivity contribution >= 4 is 29.1 Å². The lowest BCUT2D eigenvalue weighted by Gasteiger charge is -2.04. The molecule has 21 heavy (non-hydrogen) atoms. The molecule has 1 aromatic heterocycles. The fourth-order valence-electron chi connectivity index (χ4n) is 1.39. The summed E-state index contributed by atoms with van der Waals surface area (Å²) in [6.45, 7) is 0. The number of rotatable bonds is 4. The Morgan fingerprint density at radius 3 is 2.52 bits per heavy atom. The van der Waals surface area contributed by atoms with Crippen molar-refractivity contribution in [2.75, 3.05) is 10.6 Å². The third-order valence-corrected chi connectivity index (χ3v) is 2.63. The summed E-state index contributed by atoms with van der Waals surface area (Å²) in [7, 11) is 0. The Hall–Kier alpha value is -2.91. The van der Waals surface area contributed by atoms with Crippen molar-refractivity contribution in [2.45, 2.75) is 0 Å². The van der Waals surface area contributed by atoms with Crippen LogP contribution in [0, 0.1) is 11.3 Å². The largest absolute Gasteiger partial charge is 0.329 e. The van der Waals surface area contributed by atoms with Crippen LogP contribution < -0.4 is 10.6 Å². The van der Waals surface area contributed by atoms with Gasteiger partial charge in [-0.15, -0.1) is 0 Å². The third-order valence-electron chi connectivity index (χ3n) is 2.38. The van der Waals surface area contributed by atoms with E-state index in [9.17, 15) is 4.79 Å². The van der Waals surface area contributed by atoms with Crippen LogP contribution >= 0.6 is 11.6 Å². The lowest BCUT2D eigenvalue weighted by molar-refractivity contribution is -0.112. The molecule has 0 radical (unpaired) electrons. The zero-order chi connectivity index (χ0) is 15.1. The number of benzene rings is 1. The molecule has 6 nitrogen and oxygen atoms in total. The van der Waals surface area contributed by atoms with Crippen molar-refractivity contribution in [3.05, 3.63) is 59.5 Å². The molecule has 2 aromatic rings. The van der Waals surface area contributed by atoms with Crippen molar-refractivity contribution in [1.29, 1.82) is 5.26 Å². The van der Waals surface area contributed by atoms with Crippen LogP contribution in [0.4, 0.5) is 11.6 Å². The van der Waals surface area contributed by atoms with E-state index in [2.05, 4.69) is 20.6 Å². The van der Waals surface area contributed by atoms with E-state index in [0.717, 1.165) is 0 Å². The van der Waals surface area contributed by atoms with Gasteiger partial charge < -0.3 is 10.6 Å². The molecule has 0 fully saturated rings. The molecule has 7 heteroatoms. The Bertz CT molecular complexity index is 692. The van der Waals surface area contributed by atoms with Gasteiger partial charge in [0.15, 0.2) is 0 Å². The van der Waals surface area contributed by atoms with E-state index in [4.69, 9.17) is 16.9 Å².